The van der Waals surface area contributed by atoms with E-state index in [2.05, 4.69) is 47.6 Å². The van der Waals surface area contributed by atoms with Gasteiger partial charge in [-0.05, 0) is 50.6 Å². The third-order valence-corrected chi connectivity index (χ3v) is 4.21. The van der Waals surface area contributed by atoms with E-state index < -0.39 is 6.04 Å². The highest BCUT2D eigenvalue weighted by atomic mass is 16.2. The maximum Gasteiger partial charge on any atom is 0.251 e. The number of anilines is 1. The second-order valence-electron chi connectivity index (χ2n) is 6.27. The average Bonchev–Trinajstić information content (AvgIpc) is 2.65. The number of hydrogen-bond donors (Lipinski definition) is 2. The predicted molar refractivity (Wildman–Crippen MR) is 105 cm³/mol. The fourth-order valence-electron chi connectivity index (χ4n) is 2.70. The lowest BCUT2D eigenvalue weighted by Crippen LogP contribution is -2.46. The van der Waals surface area contributed by atoms with Gasteiger partial charge in [0.25, 0.3) is 5.91 Å². The molecule has 2 aromatic carbocycles. The van der Waals surface area contributed by atoms with Crippen LogP contribution in [0.3, 0.4) is 0 Å². The largest absolute Gasteiger partial charge is 0.370 e. The molecule has 5 nitrogen and oxygen atoms in total. The molecule has 0 aliphatic rings. The lowest BCUT2D eigenvalue weighted by molar-refractivity contribution is -0.122. The highest BCUT2D eigenvalue weighted by Gasteiger charge is 2.16. The molecule has 26 heavy (non-hydrogen) atoms. The molecule has 1 atom stereocenters. The summed E-state index contributed by atoms with van der Waals surface area (Å²) in [6.45, 7) is 7.94. The number of amides is 2. The van der Waals surface area contributed by atoms with Crippen LogP contribution in [0.2, 0.25) is 0 Å². The molecule has 0 fully saturated rings. The van der Waals surface area contributed by atoms with Crippen LogP contribution in [0.15, 0.2) is 54.6 Å². The SMILES string of the molecule is CCN(CCNC(=O)C(C)NC(=O)c1ccccc1)c1cccc(C)c1. The van der Waals surface area contributed by atoms with Gasteiger partial charge in [0.1, 0.15) is 6.04 Å². The second kappa shape index (κ2) is 9.61. The minimum Gasteiger partial charge on any atom is -0.370 e. The summed E-state index contributed by atoms with van der Waals surface area (Å²) < 4.78 is 0. The van der Waals surface area contributed by atoms with Crippen LogP contribution in [-0.2, 0) is 4.79 Å². The first-order valence-electron chi connectivity index (χ1n) is 8.96. The number of benzene rings is 2. The first-order chi connectivity index (χ1) is 12.5. The Labute approximate surface area is 155 Å². The Morgan fingerprint density at radius 3 is 2.46 bits per heavy atom. The molecule has 5 heteroatoms. The van der Waals surface area contributed by atoms with Gasteiger partial charge in [-0.3, -0.25) is 9.59 Å². The number of rotatable bonds is 8. The Balaban J connectivity index is 1.81. The fourth-order valence-corrected chi connectivity index (χ4v) is 2.70. The van der Waals surface area contributed by atoms with Crippen molar-refractivity contribution in [3.8, 4) is 0 Å². The van der Waals surface area contributed by atoms with Crippen LogP contribution in [0.5, 0.6) is 0 Å². The molecular weight excluding hydrogens is 326 g/mol. The van der Waals surface area contributed by atoms with Gasteiger partial charge >= 0.3 is 0 Å². The molecule has 2 N–H and O–H groups in total. The van der Waals surface area contributed by atoms with Gasteiger partial charge in [-0.25, -0.2) is 0 Å². The summed E-state index contributed by atoms with van der Waals surface area (Å²) in [6, 6.07) is 16.6. The molecule has 0 radical (unpaired) electrons. The minimum atomic E-state index is -0.586. The summed E-state index contributed by atoms with van der Waals surface area (Å²) in [5.41, 5.74) is 2.90. The maximum atomic E-state index is 12.2. The Kier molecular flexibility index (Phi) is 7.21. The standard InChI is InChI=1S/C21H27N3O2/c1-4-24(19-12-8-9-16(2)15-19)14-13-22-20(25)17(3)23-21(26)18-10-6-5-7-11-18/h5-12,15,17H,4,13-14H2,1-3H3,(H,22,25)(H,23,26). The smallest absolute Gasteiger partial charge is 0.251 e. The van der Waals surface area contributed by atoms with Gasteiger partial charge in [-0.15, -0.1) is 0 Å². The van der Waals surface area contributed by atoms with Gasteiger partial charge in [0.15, 0.2) is 0 Å². The van der Waals surface area contributed by atoms with E-state index in [4.69, 9.17) is 0 Å². The maximum absolute atomic E-state index is 12.2. The Morgan fingerprint density at radius 2 is 1.81 bits per heavy atom. The predicted octanol–water partition coefficient (Wildman–Crippen LogP) is 2.76. The van der Waals surface area contributed by atoms with Crippen molar-refractivity contribution in [1.29, 1.82) is 0 Å². The zero-order chi connectivity index (χ0) is 18.9. The van der Waals surface area contributed by atoms with E-state index in [0.29, 0.717) is 18.7 Å². The van der Waals surface area contributed by atoms with E-state index in [0.717, 1.165) is 12.2 Å². The molecular formula is C21H27N3O2. The van der Waals surface area contributed by atoms with E-state index in [1.807, 2.05) is 12.1 Å². The van der Waals surface area contributed by atoms with Gasteiger partial charge in [-0.2, -0.15) is 0 Å². The van der Waals surface area contributed by atoms with Crippen LogP contribution in [-0.4, -0.2) is 37.5 Å². The zero-order valence-electron chi connectivity index (χ0n) is 15.7. The molecule has 0 aromatic heterocycles. The Hall–Kier alpha value is -2.82. The number of aryl methyl sites for hydroxylation is 1. The van der Waals surface area contributed by atoms with Crippen LogP contribution in [0.1, 0.15) is 29.8 Å². The average molecular weight is 353 g/mol. The summed E-state index contributed by atoms with van der Waals surface area (Å²) in [7, 11) is 0. The van der Waals surface area contributed by atoms with Crippen molar-refractivity contribution in [1.82, 2.24) is 10.6 Å². The van der Waals surface area contributed by atoms with Gasteiger partial charge < -0.3 is 15.5 Å². The van der Waals surface area contributed by atoms with Gasteiger partial charge in [0, 0.05) is 30.9 Å². The lowest BCUT2D eigenvalue weighted by Gasteiger charge is -2.24. The summed E-state index contributed by atoms with van der Waals surface area (Å²) in [5, 5.41) is 5.62. The summed E-state index contributed by atoms with van der Waals surface area (Å²) >= 11 is 0. The first kappa shape index (κ1) is 19.5. The molecule has 0 bridgehead atoms. The molecule has 0 aliphatic carbocycles. The summed E-state index contributed by atoms with van der Waals surface area (Å²) in [4.78, 5) is 26.5. The molecule has 2 aromatic rings. The molecule has 0 saturated carbocycles. The first-order valence-corrected chi connectivity index (χ1v) is 8.96. The molecule has 2 amide bonds. The van der Waals surface area contributed by atoms with Gasteiger partial charge in [0.05, 0.1) is 0 Å². The van der Waals surface area contributed by atoms with Crippen LogP contribution >= 0.6 is 0 Å². The Bertz CT molecular complexity index is 731. The normalized spacial score (nSPS) is 11.5. The van der Waals surface area contributed by atoms with Crippen molar-refractivity contribution in [2.24, 2.45) is 0 Å². The van der Waals surface area contributed by atoms with Crippen LogP contribution in [0.4, 0.5) is 5.69 Å². The monoisotopic (exact) mass is 353 g/mol. The Morgan fingerprint density at radius 1 is 1.08 bits per heavy atom. The number of carbonyl (C=O) groups excluding carboxylic acids is 2. The van der Waals surface area contributed by atoms with Crippen molar-refractivity contribution in [2.45, 2.75) is 26.8 Å². The van der Waals surface area contributed by atoms with Crippen LogP contribution in [0, 0.1) is 6.92 Å². The highest BCUT2D eigenvalue weighted by molar-refractivity contribution is 5.97. The van der Waals surface area contributed by atoms with Crippen molar-refractivity contribution >= 4 is 17.5 Å². The third kappa shape index (κ3) is 5.62. The van der Waals surface area contributed by atoms with Crippen molar-refractivity contribution < 1.29 is 9.59 Å². The van der Waals surface area contributed by atoms with E-state index in [1.165, 1.54) is 5.56 Å². The van der Waals surface area contributed by atoms with Crippen molar-refractivity contribution in [2.75, 3.05) is 24.5 Å². The highest BCUT2D eigenvalue weighted by Crippen LogP contribution is 2.14. The number of carbonyl (C=O) groups is 2. The molecule has 2 rings (SSSR count). The number of likely N-dealkylation sites (N-methyl/N-ethyl adjacent to an activating group) is 1. The fraction of sp³-hybridized carbons (Fsp3) is 0.333. The van der Waals surface area contributed by atoms with E-state index in [9.17, 15) is 9.59 Å². The molecule has 0 aliphatic heterocycles. The van der Waals surface area contributed by atoms with Crippen LogP contribution in [0.25, 0.3) is 0 Å². The van der Waals surface area contributed by atoms with Crippen LogP contribution < -0.4 is 15.5 Å². The number of nitrogens with one attached hydrogen (secondary N) is 2. The molecule has 138 valence electrons. The summed E-state index contributed by atoms with van der Waals surface area (Å²) in [5.74, 6) is -0.433. The molecule has 0 saturated heterocycles. The third-order valence-electron chi connectivity index (χ3n) is 4.21. The van der Waals surface area contributed by atoms with E-state index in [1.54, 1.807) is 31.2 Å². The molecule has 0 heterocycles. The minimum absolute atomic E-state index is 0.186. The molecule has 0 spiro atoms. The van der Waals surface area contributed by atoms with E-state index >= 15 is 0 Å². The topological polar surface area (TPSA) is 61.4 Å². The number of hydrogen-bond acceptors (Lipinski definition) is 3. The second-order valence-corrected chi connectivity index (χ2v) is 6.27. The van der Waals surface area contributed by atoms with Gasteiger partial charge in [-0.1, -0.05) is 30.3 Å². The lowest BCUT2D eigenvalue weighted by atomic mass is 10.2. The van der Waals surface area contributed by atoms with E-state index in [-0.39, 0.29) is 11.8 Å². The molecule has 1 unspecified atom stereocenters. The quantitative estimate of drug-likeness (QED) is 0.767. The summed E-state index contributed by atoms with van der Waals surface area (Å²) in [6.07, 6.45) is 0. The zero-order valence-corrected chi connectivity index (χ0v) is 15.7. The number of nitrogens with zero attached hydrogens (tertiary/aromatic N) is 1. The van der Waals surface area contributed by atoms with Crippen molar-refractivity contribution in [3.63, 3.8) is 0 Å². The van der Waals surface area contributed by atoms with Gasteiger partial charge in [0.2, 0.25) is 5.91 Å². The van der Waals surface area contributed by atoms with Crippen molar-refractivity contribution in [3.05, 3.63) is 65.7 Å².